The molecule has 0 spiro atoms. The molecule has 5 atom stereocenters. The van der Waals surface area contributed by atoms with E-state index in [1.54, 1.807) is 0 Å². The van der Waals surface area contributed by atoms with Crippen LogP contribution in [0, 0.1) is 5.92 Å². The highest BCUT2D eigenvalue weighted by atomic mass is 32.1. The zero-order valence-electron chi connectivity index (χ0n) is 30.8. The Balaban J connectivity index is 1.18. The summed E-state index contributed by atoms with van der Waals surface area (Å²) < 4.78 is 67.6. The summed E-state index contributed by atoms with van der Waals surface area (Å²) in [6, 6.07) is 40.3. The minimum atomic E-state index is -4.46. The Morgan fingerprint density at radius 2 is 1.18 bits per heavy atom. The lowest BCUT2D eigenvalue weighted by Crippen LogP contribution is -2.65. The van der Waals surface area contributed by atoms with Gasteiger partial charge in [0.15, 0.2) is 10.8 Å². The van der Waals surface area contributed by atoms with Gasteiger partial charge in [-0.2, -0.15) is 13.2 Å². The Kier molecular flexibility index (Phi) is 13.6. The molecule has 7 nitrogen and oxygen atoms in total. The van der Waals surface area contributed by atoms with Crippen molar-refractivity contribution >= 4 is 16.5 Å². The van der Waals surface area contributed by atoms with Gasteiger partial charge >= 0.3 is 6.18 Å². The normalized spacial score (nSPS) is 22.2. The molecule has 11 heteroatoms. The minimum Gasteiger partial charge on any atom is -0.375 e. The number of hydrogen-bond acceptors (Lipinski definition) is 8. The summed E-state index contributed by atoms with van der Waals surface area (Å²) >= 11 is 1.06. The standard InChI is InChI=1S/C44H48F3N3O4S/c45-44(46,47)40-32-55-43(48-40)49-23-13-22-37(24-49)25-50-26-39(52-28-34-16-7-2-8-17-34)42(54-30-36-20-11-4-12-21-36)41(53-29-35-18-9-3-10-19-35)38(50)31-51-27-33-14-5-1-6-15-33/h1-12,14-21,32,37-39,41-42H,13,22-31H2/t37-,38-,39-,41+,42+/m0/s1. The van der Waals surface area contributed by atoms with Gasteiger partial charge in [-0.3, -0.25) is 4.90 Å². The number of thiazole rings is 1. The van der Waals surface area contributed by atoms with Crippen LogP contribution in [-0.4, -0.2) is 67.0 Å². The van der Waals surface area contributed by atoms with Gasteiger partial charge in [-0.25, -0.2) is 4.98 Å². The van der Waals surface area contributed by atoms with Crippen LogP contribution < -0.4 is 4.90 Å². The monoisotopic (exact) mass is 771 g/mol. The van der Waals surface area contributed by atoms with Crippen LogP contribution in [0.5, 0.6) is 0 Å². The average Bonchev–Trinajstić information content (AvgIpc) is 3.73. The van der Waals surface area contributed by atoms with Crippen molar-refractivity contribution in [2.24, 2.45) is 5.92 Å². The van der Waals surface area contributed by atoms with E-state index in [2.05, 4.69) is 58.4 Å². The highest BCUT2D eigenvalue weighted by molar-refractivity contribution is 7.13. The van der Waals surface area contributed by atoms with Crippen LogP contribution in [0.1, 0.15) is 40.8 Å². The molecule has 0 aliphatic carbocycles. The van der Waals surface area contributed by atoms with Gasteiger partial charge in [-0.1, -0.05) is 121 Å². The Labute approximate surface area is 325 Å². The van der Waals surface area contributed by atoms with Crippen LogP contribution in [0.3, 0.4) is 0 Å². The van der Waals surface area contributed by atoms with E-state index in [-0.39, 0.29) is 18.1 Å². The molecule has 0 saturated carbocycles. The zero-order valence-corrected chi connectivity index (χ0v) is 31.6. The van der Waals surface area contributed by atoms with E-state index in [1.165, 1.54) is 0 Å². The van der Waals surface area contributed by atoms with E-state index in [0.717, 1.165) is 51.8 Å². The van der Waals surface area contributed by atoms with Crippen molar-refractivity contribution in [2.45, 2.75) is 69.8 Å². The first-order valence-electron chi connectivity index (χ1n) is 19.0. The second kappa shape index (κ2) is 19.2. The predicted molar refractivity (Wildman–Crippen MR) is 209 cm³/mol. The molecule has 0 amide bonds. The summed E-state index contributed by atoms with van der Waals surface area (Å²) in [5.74, 6) is 0.176. The minimum absolute atomic E-state index is 0.176. The number of aromatic nitrogens is 1. The summed E-state index contributed by atoms with van der Waals surface area (Å²) in [7, 11) is 0. The van der Waals surface area contributed by atoms with Gasteiger partial charge in [0.05, 0.1) is 45.2 Å². The lowest BCUT2D eigenvalue weighted by atomic mass is 9.90. The third-order valence-electron chi connectivity index (χ3n) is 10.3. The molecule has 2 aliphatic heterocycles. The molecule has 2 aliphatic rings. The van der Waals surface area contributed by atoms with E-state index in [1.807, 2.05) is 77.7 Å². The Morgan fingerprint density at radius 3 is 1.73 bits per heavy atom. The number of hydrogen-bond donors (Lipinski definition) is 0. The fraction of sp³-hybridized carbons (Fsp3) is 0.386. The maximum atomic E-state index is 13.5. The number of halogens is 3. The van der Waals surface area contributed by atoms with Gasteiger partial charge in [0.2, 0.25) is 0 Å². The van der Waals surface area contributed by atoms with Gasteiger partial charge in [0, 0.05) is 31.6 Å². The quantitative estimate of drug-likeness (QED) is 0.0993. The van der Waals surface area contributed by atoms with E-state index in [4.69, 9.17) is 18.9 Å². The molecular weight excluding hydrogens is 724 g/mol. The molecule has 3 heterocycles. The number of rotatable bonds is 16. The molecule has 0 bridgehead atoms. The highest BCUT2D eigenvalue weighted by Gasteiger charge is 2.47. The number of nitrogens with zero attached hydrogens (tertiary/aromatic N) is 3. The van der Waals surface area contributed by atoms with Crippen molar-refractivity contribution in [3.63, 3.8) is 0 Å². The van der Waals surface area contributed by atoms with Crippen LogP contribution in [0.4, 0.5) is 18.3 Å². The molecule has 0 unspecified atom stereocenters. The number of benzene rings is 4. The molecule has 0 radical (unpaired) electrons. The fourth-order valence-electron chi connectivity index (χ4n) is 7.52. The van der Waals surface area contributed by atoms with Crippen molar-refractivity contribution in [1.29, 1.82) is 0 Å². The van der Waals surface area contributed by atoms with Crippen LogP contribution in [-0.2, 0) is 51.6 Å². The summed E-state index contributed by atoms with van der Waals surface area (Å²) in [4.78, 5) is 8.42. The van der Waals surface area contributed by atoms with Crippen LogP contribution in [0.25, 0.3) is 0 Å². The molecule has 1 aromatic heterocycles. The van der Waals surface area contributed by atoms with Crippen molar-refractivity contribution in [1.82, 2.24) is 9.88 Å². The van der Waals surface area contributed by atoms with Crippen molar-refractivity contribution in [3.8, 4) is 0 Å². The van der Waals surface area contributed by atoms with Gasteiger partial charge in [-0.05, 0) is 41.0 Å². The predicted octanol–water partition coefficient (Wildman–Crippen LogP) is 9.04. The number of alkyl halides is 3. The first kappa shape index (κ1) is 39.1. The second-order valence-corrected chi connectivity index (χ2v) is 15.2. The molecular formula is C44H48F3N3O4S. The van der Waals surface area contributed by atoms with Gasteiger partial charge in [0.1, 0.15) is 12.2 Å². The summed E-state index contributed by atoms with van der Waals surface area (Å²) in [6.45, 7) is 4.57. The van der Waals surface area contributed by atoms with E-state index in [0.29, 0.717) is 64.3 Å². The fourth-order valence-corrected chi connectivity index (χ4v) is 8.39. The molecule has 5 aromatic rings. The third kappa shape index (κ3) is 11.0. The number of ether oxygens (including phenoxy) is 4. The van der Waals surface area contributed by atoms with E-state index < -0.39 is 24.1 Å². The lowest BCUT2D eigenvalue weighted by molar-refractivity contribution is -0.212. The van der Waals surface area contributed by atoms with Gasteiger partial charge in [0.25, 0.3) is 0 Å². The molecule has 2 saturated heterocycles. The first-order valence-corrected chi connectivity index (χ1v) is 19.9. The first-order chi connectivity index (χ1) is 26.9. The molecule has 0 N–H and O–H groups in total. The Hall–Kier alpha value is -4.10. The Morgan fingerprint density at radius 1 is 0.655 bits per heavy atom. The zero-order chi connectivity index (χ0) is 37.9. The SMILES string of the molecule is FC(F)(F)c1csc(N2CCC[C@H](CN3C[C@H](OCc4ccccc4)[C@@H](OCc4ccccc4)[C@H](OCc4ccccc4)[C@@H]3COCc3ccccc3)C2)n1. The highest BCUT2D eigenvalue weighted by Crippen LogP contribution is 2.36. The summed E-state index contributed by atoms with van der Waals surface area (Å²) in [5, 5.41) is 1.53. The summed E-state index contributed by atoms with van der Waals surface area (Å²) in [6.07, 6.45) is -3.85. The van der Waals surface area contributed by atoms with Crippen LogP contribution >= 0.6 is 11.3 Å². The largest absolute Gasteiger partial charge is 0.434 e. The van der Waals surface area contributed by atoms with Gasteiger partial charge in [-0.15, -0.1) is 11.3 Å². The molecule has 7 rings (SSSR count). The van der Waals surface area contributed by atoms with Crippen LogP contribution in [0.15, 0.2) is 127 Å². The van der Waals surface area contributed by atoms with E-state index >= 15 is 0 Å². The second-order valence-electron chi connectivity index (χ2n) is 14.3. The maximum absolute atomic E-state index is 13.5. The van der Waals surface area contributed by atoms with Crippen molar-refractivity contribution in [3.05, 3.63) is 155 Å². The number of likely N-dealkylation sites (tertiary alicyclic amines) is 1. The van der Waals surface area contributed by atoms with Gasteiger partial charge < -0.3 is 23.8 Å². The van der Waals surface area contributed by atoms with Crippen LogP contribution in [0.2, 0.25) is 0 Å². The lowest BCUT2D eigenvalue weighted by Gasteiger charge is -2.49. The smallest absolute Gasteiger partial charge is 0.375 e. The van der Waals surface area contributed by atoms with Crippen molar-refractivity contribution < 1.29 is 32.1 Å². The summed E-state index contributed by atoms with van der Waals surface area (Å²) in [5.41, 5.74) is 3.42. The third-order valence-corrected chi connectivity index (χ3v) is 11.2. The Bertz CT molecular complexity index is 1850. The molecule has 4 aromatic carbocycles. The van der Waals surface area contributed by atoms with Crippen molar-refractivity contribution in [2.75, 3.05) is 37.7 Å². The topological polar surface area (TPSA) is 56.3 Å². The maximum Gasteiger partial charge on any atom is 0.434 e. The average molecular weight is 772 g/mol. The van der Waals surface area contributed by atoms with E-state index in [9.17, 15) is 13.2 Å². The number of anilines is 1. The molecule has 2 fully saturated rings. The molecule has 290 valence electrons. The molecule has 55 heavy (non-hydrogen) atoms. The number of piperidine rings is 2.